The third-order valence-corrected chi connectivity index (χ3v) is 3.94. The Hall–Kier alpha value is -1.42. The van der Waals surface area contributed by atoms with E-state index in [-0.39, 0.29) is 12.0 Å². The molecule has 4 heteroatoms. The van der Waals surface area contributed by atoms with E-state index in [9.17, 15) is 4.79 Å². The lowest BCUT2D eigenvalue weighted by atomic mass is 9.90. The maximum absolute atomic E-state index is 12.1. The molecule has 0 aliphatic carbocycles. The highest BCUT2D eigenvalue weighted by atomic mass is 16.5. The van der Waals surface area contributed by atoms with E-state index < -0.39 is 0 Å². The lowest BCUT2D eigenvalue weighted by molar-refractivity contribution is -0.143. The van der Waals surface area contributed by atoms with Gasteiger partial charge in [-0.1, -0.05) is 6.07 Å². The van der Waals surface area contributed by atoms with E-state index in [0.717, 1.165) is 32.4 Å². The van der Waals surface area contributed by atoms with E-state index in [4.69, 9.17) is 4.74 Å². The molecule has 0 spiro atoms. The molecule has 1 aromatic heterocycles. The minimum absolute atomic E-state index is 0.131. The number of hydrogen-bond acceptors (Lipinski definition) is 3. The summed E-state index contributed by atoms with van der Waals surface area (Å²) in [6, 6.07) is 4.11. The first-order valence-corrected chi connectivity index (χ1v) is 7.50. The largest absolute Gasteiger partial charge is 0.369 e. The topological polar surface area (TPSA) is 42.4 Å². The summed E-state index contributed by atoms with van der Waals surface area (Å²) in [7, 11) is 0. The quantitative estimate of drug-likeness (QED) is 0.828. The monoisotopic (exact) mass is 276 g/mol. The number of carbonyl (C=O) groups is 1. The second kappa shape index (κ2) is 7.39. The predicted octanol–water partition coefficient (Wildman–Crippen LogP) is 2.29. The molecule has 0 N–H and O–H groups in total. The molecule has 2 heterocycles. The van der Waals surface area contributed by atoms with Crippen molar-refractivity contribution in [2.45, 2.75) is 39.2 Å². The van der Waals surface area contributed by atoms with E-state index in [1.54, 1.807) is 6.20 Å². The van der Waals surface area contributed by atoms with Crippen LogP contribution in [0.15, 0.2) is 24.5 Å². The highest BCUT2D eigenvalue weighted by Crippen LogP contribution is 2.22. The molecule has 1 atom stereocenters. The summed E-state index contributed by atoms with van der Waals surface area (Å²) < 4.78 is 5.38. The second-order valence-electron chi connectivity index (χ2n) is 5.43. The van der Waals surface area contributed by atoms with Gasteiger partial charge in [0.2, 0.25) is 0 Å². The van der Waals surface area contributed by atoms with E-state index in [1.807, 2.05) is 31.0 Å². The Morgan fingerprint density at radius 3 is 2.85 bits per heavy atom. The molecule has 0 bridgehead atoms. The number of pyridine rings is 1. The van der Waals surface area contributed by atoms with Gasteiger partial charge < -0.3 is 9.64 Å². The standard InChI is InChI=1S/C16H24N2O2/c1-3-20-13(2)16(19)18-9-6-14(7-10-18)11-15-5-4-8-17-12-15/h4-5,8,12-14H,3,6-7,9-11H2,1-2H3/t13-/m1/s1. The first-order valence-electron chi connectivity index (χ1n) is 7.50. The van der Waals surface area contributed by atoms with Gasteiger partial charge in [-0.3, -0.25) is 9.78 Å². The number of carbonyl (C=O) groups excluding carboxylic acids is 1. The van der Waals surface area contributed by atoms with Crippen LogP contribution in [-0.4, -0.2) is 41.6 Å². The molecule has 1 aliphatic rings. The minimum atomic E-state index is -0.310. The Labute approximate surface area is 121 Å². The van der Waals surface area contributed by atoms with Gasteiger partial charge >= 0.3 is 0 Å². The molecule has 0 aromatic carbocycles. The molecule has 1 aliphatic heterocycles. The van der Waals surface area contributed by atoms with Crippen LogP contribution in [0, 0.1) is 5.92 Å². The van der Waals surface area contributed by atoms with Gasteiger partial charge in [0.25, 0.3) is 5.91 Å². The number of rotatable bonds is 5. The Morgan fingerprint density at radius 1 is 1.50 bits per heavy atom. The van der Waals surface area contributed by atoms with Crippen LogP contribution >= 0.6 is 0 Å². The number of amides is 1. The summed E-state index contributed by atoms with van der Waals surface area (Å²) in [4.78, 5) is 18.2. The fraction of sp³-hybridized carbons (Fsp3) is 0.625. The number of ether oxygens (including phenoxy) is 1. The molecule has 0 saturated carbocycles. The third kappa shape index (κ3) is 4.04. The SMILES string of the molecule is CCO[C@H](C)C(=O)N1CCC(Cc2cccnc2)CC1. The van der Waals surface area contributed by atoms with Gasteiger partial charge in [-0.15, -0.1) is 0 Å². The molecule has 110 valence electrons. The Morgan fingerprint density at radius 2 is 2.25 bits per heavy atom. The van der Waals surface area contributed by atoms with Crippen LogP contribution in [0.4, 0.5) is 0 Å². The molecule has 2 rings (SSSR count). The van der Waals surface area contributed by atoms with Crippen molar-refractivity contribution in [1.82, 2.24) is 9.88 Å². The zero-order chi connectivity index (χ0) is 14.4. The average Bonchev–Trinajstić information content (AvgIpc) is 2.48. The Balaban J connectivity index is 1.79. The zero-order valence-electron chi connectivity index (χ0n) is 12.4. The smallest absolute Gasteiger partial charge is 0.251 e. The Kier molecular flexibility index (Phi) is 5.53. The number of aromatic nitrogens is 1. The highest BCUT2D eigenvalue weighted by Gasteiger charge is 2.26. The van der Waals surface area contributed by atoms with Crippen molar-refractivity contribution in [2.24, 2.45) is 5.92 Å². The highest BCUT2D eigenvalue weighted by molar-refractivity contribution is 5.80. The van der Waals surface area contributed by atoms with Crippen molar-refractivity contribution in [3.63, 3.8) is 0 Å². The summed E-state index contributed by atoms with van der Waals surface area (Å²) in [5.41, 5.74) is 1.29. The molecule has 1 saturated heterocycles. The molecule has 0 radical (unpaired) electrons. The van der Waals surface area contributed by atoms with Crippen LogP contribution in [0.3, 0.4) is 0 Å². The van der Waals surface area contributed by atoms with Crippen LogP contribution in [0.2, 0.25) is 0 Å². The van der Waals surface area contributed by atoms with Gasteiger partial charge in [-0.05, 0) is 50.7 Å². The van der Waals surface area contributed by atoms with Crippen molar-refractivity contribution in [2.75, 3.05) is 19.7 Å². The van der Waals surface area contributed by atoms with Crippen molar-refractivity contribution >= 4 is 5.91 Å². The summed E-state index contributed by atoms with van der Waals surface area (Å²) >= 11 is 0. The van der Waals surface area contributed by atoms with Crippen LogP contribution in [0.1, 0.15) is 32.3 Å². The molecule has 1 fully saturated rings. The van der Waals surface area contributed by atoms with Crippen LogP contribution in [-0.2, 0) is 16.0 Å². The van der Waals surface area contributed by atoms with Crippen LogP contribution in [0.5, 0.6) is 0 Å². The van der Waals surface area contributed by atoms with Gasteiger partial charge in [-0.25, -0.2) is 0 Å². The third-order valence-electron chi connectivity index (χ3n) is 3.94. The number of likely N-dealkylation sites (tertiary alicyclic amines) is 1. The average molecular weight is 276 g/mol. The van der Waals surface area contributed by atoms with Crippen molar-refractivity contribution < 1.29 is 9.53 Å². The maximum Gasteiger partial charge on any atom is 0.251 e. The first kappa shape index (κ1) is 15.0. The maximum atomic E-state index is 12.1. The van der Waals surface area contributed by atoms with E-state index in [0.29, 0.717) is 12.5 Å². The molecule has 1 amide bonds. The normalized spacial score (nSPS) is 18.0. The molecule has 4 nitrogen and oxygen atoms in total. The number of piperidine rings is 1. The van der Waals surface area contributed by atoms with Crippen LogP contribution < -0.4 is 0 Å². The Bertz CT molecular complexity index is 414. The lowest BCUT2D eigenvalue weighted by Crippen LogP contribution is -2.44. The second-order valence-corrected chi connectivity index (χ2v) is 5.43. The van der Waals surface area contributed by atoms with E-state index in [2.05, 4.69) is 11.1 Å². The van der Waals surface area contributed by atoms with Gasteiger partial charge in [-0.2, -0.15) is 0 Å². The fourth-order valence-corrected chi connectivity index (χ4v) is 2.79. The number of nitrogens with zero attached hydrogens (tertiary/aromatic N) is 2. The van der Waals surface area contributed by atoms with Gasteiger partial charge in [0.15, 0.2) is 0 Å². The van der Waals surface area contributed by atoms with Crippen molar-refractivity contribution in [1.29, 1.82) is 0 Å². The van der Waals surface area contributed by atoms with Gasteiger partial charge in [0, 0.05) is 32.1 Å². The summed E-state index contributed by atoms with van der Waals surface area (Å²) in [5.74, 6) is 0.789. The minimum Gasteiger partial charge on any atom is -0.369 e. The van der Waals surface area contributed by atoms with E-state index >= 15 is 0 Å². The van der Waals surface area contributed by atoms with Crippen molar-refractivity contribution in [3.8, 4) is 0 Å². The van der Waals surface area contributed by atoms with Gasteiger partial charge in [0.1, 0.15) is 6.10 Å². The summed E-state index contributed by atoms with van der Waals surface area (Å²) in [6.45, 7) is 6.05. The molecular formula is C16H24N2O2. The predicted molar refractivity (Wildman–Crippen MR) is 78.3 cm³/mol. The molecular weight excluding hydrogens is 252 g/mol. The zero-order valence-corrected chi connectivity index (χ0v) is 12.4. The number of hydrogen-bond donors (Lipinski definition) is 0. The summed E-state index contributed by atoms with van der Waals surface area (Å²) in [6.07, 6.45) is 6.64. The van der Waals surface area contributed by atoms with Gasteiger partial charge in [0.05, 0.1) is 0 Å². The molecule has 20 heavy (non-hydrogen) atoms. The molecule has 0 unspecified atom stereocenters. The van der Waals surface area contributed by atoms with Crippen molar-refractivity contribution in [3.05, 3.63) is 30.1 Å². The fourth-order valence-electron chi connectivity index (χ4n) is 2.79. The molecule has 1 aromatic rings. The van der Waals surface area contributed by atoms with Crippen LogP contribution in [0.25, 0.3) is 0 Å². The lowest BCUT2D eigenvalue weighted by Gasteiger charge is -2.33. The van der Waals surface area contributed by atoms with E-state index in [1.165, 1.54) is 5.56 Å². The first-order chi connectivity index (χ1) is 9.70. The summed E-state index contributed by atoms with van der Waals surface area (Å²) in [5, 5.41) is 0.